The number of aromatic hydroxyl groups is 1. The number of rotatable bonds is 6. The number of thioether (sulfide) groups is 1. The van der Waals surface area contributed by atoms with Gasteiger partial charge in [-0.25, -0.2) is 0 Å². The number of nitrogens with two attached hydrogens (primary N) is 1. The van der Waals surface area contributed by atoms with E-state index in [-0.39, 0.29) is 11.7 Å². The maximum absolute atomic E-state index is 11.7. The standard InChI is InChI=1S/C12H18N2O3S/c1-17-8-3-4-10(11(15)7-8)14-12(16)9(13)5-6-18-2/h3-4,7,9,15H,5-6,13H2,1-2H3,(H,14,16)/t9-/m0/s1. The van der Waals surface area contributed by atoms with Gasteiger partial charge in [0.05, 0.1) is 18.8 Å². The molecule has 0 saturated heterocycles. The number of hydrogen-bond acceptors (Lipinski definition) is 5. The van der Waals surface area contributed by atoms with E-state index in [1.54, 1.807) is 23.9 Å². The van der Waals surface area contributed by atoms with Gasteiger partial charge in [0, 0.05) is 6.07 Å². The van der Waals surface area contributed by atoms with Crippen molar-refractivity contribution in [2.24, 2.45) is 5.73 Å². The van der Waals surface area contributed by atoms with Crippen molar-refractivity contribution in [2.75, 3.05) is 24.4 Å². The number of ether oxygens (including phenoxy) is 1. The molecular weight excluding hydrogens is 252 g/mol. The van der Waals surface area contributed by atoms with Gasteiger partial charge in [-0.3, -0.25) is 4.79 Å². The number of phenolic OH excluding ortho intramolecular Hbond substituents is 1. The molecule has 0 aliphatic rings. The zero-order valence-corrected chi connectivity index (χ0v) is 11.3. The SMILES string of the molecule is COc1ccc(NC(=O)[C@@H](N)CCSC)c(O)c1. The van der Waals surface area contributed by atoms with Gasteiger partial charge in [0.1, 0.15) is 11.5 Å². The Balaban J connectivity index is 2.64. The van der Waals surface area contributed by atoms with Crippen LogP contribution in [0.2, 0.25) is 0 Å². The second-order valence-electron chi connectivity index (χ2n) is 3.76. The molecule has 4 N–H and O–H groups in total. The highest BCUT2D eigenvalue weighted by Crippen LogP contribution is 2.27. The predicted octanol–water partition coefficient (Wildman–Crippen LogP) is 1.42. The quantitative estimate of drug-likeness (QED) is 0.681. The number of benzene rings is 1. The second kappa shape index (κ2) is 7.13. The molecule has 1 rings (SSSR count). The van der Waals surface area contributed by atoms with E-state index >= 15 is 0 Å². The second-order valence-corrected chi connectivity index (χ2v) is 4.75. The average Bonchev–Trinajstić information content (AvgIpc) is 2.38. The molecule has 0 spiro atoms. The third-order valence-corrected chi connectivity index (χ3v) is 3.08. The summed E-state index contributed by atoms with van der Waals surface area (Å²) in [6.07, 6.45) is 2.56. The number of amides is 1. The van der Waals surface area contributed by atoms with Crippen molar-refractivity contribution in [3.63, 3.8) is 0 Å². The monoisotopic (exact) mass is 270 g/mol. The van der Waals surface area contributed by atoms with Crippen molar-refractivity contribution < 1.29 is 14.6 Å². The summed E-state index contributed by atoms with van der Waals surface area (Å²) in [6.45, 7) is 0. The summed E-state index contributed by atoms with van der Waals surface area (Å²) in [7, 11) is 1.51. The Morgan fingerprint density at radius 3 is 2.89 bits per heavy atom. The summed E-state index contributed by atoms with van der Waals surface area (Å²) in [5.74, 6) is 1.00. The third kappa shape index (κ3) is 4.12. The maximum Gasteiger partial charge on any atom is 0.241 e. The summed E-state index contributed by atoms with van der Waals surface area (Å²) in [5, 5.41) is 12.3. The summed E-state index contributed by atoms with van der Waals surface area (Å²) in [6, 6.07) is 4.10. The number of anilines is 1. The molecule has 6 heteroatoms. The fourth-order valence-electron chi connectivity index (χ4n) is 1.35. The molecule has 0 unspecified atom stereocenters. The smallest absolute Gasteiger partial charge is 0.241 e. The fourth-order valence-corrected chi connectivity index (χ4v) is 1.84. The molecule has 0 bridgehead atoms. The van der Waals surface area contributed by atoms with Crippen LogP contribution in [0.5, 0.6) is 11.5 Å². The topological polar surface area (TPSA) is 84.6 Å². The Kier molecular flexibility index (Phi) is 5.80. The van der Waals surface area contributed by atoms with Crippen molar-refractivity contribution in [3.05, 3.63) is 18.2 Å². The van der Waals surface area contributed by atoms with E-state index < -0.39 is 6.04 Å². The summed E-state index contributed by atoms with van der Waals surface area (Å²) in [5.41, 5.74) is 6.06. The van der Waals surface area contributed by atoms with E-state index in [1.807, 2.05) is 6.26 Å². The highest BCUT2D eigenvalue weighted by Gasteiger charge is 2.14. The van der Waals surface area contributed by atoms with E-state index in [0.717, 1.165) is 5.75 Å². The molecule has 0 heterocycles. The lowest BCUT2D eigenvalue weighted by Gasteiger charge is -2.13. The Labute approximate surface area is 111 Å². The van der Waals surface area contributed by atoms with Crippen LogP contribution in [0.4, 0.5) is 5.69 Å². The van der Waals surface area contributed by atoms with Crippen molar-refractivity contribution >= 4 is 23.4 Å². The molecule has 1 aromatic rings. The van der Waals surface area contributed by atoms with Gasteiger partial charge in [0.25, 0.3) is 0 Å². The van der Waals surface area contributed by atoms with Crippen LogP contribution in [0.3, 0.4) is 0 Å². The molecule has 0 aromatic heterocycles. The summed E-state index contributed by atoms with van der Waals surface area (Å²) < 4.78 is 4.96. The van der Waals surface area contributed by atoms with Crippen LogP contribution in [0.1, 0.15) is 6.42 Å². The average molecular weight is 270 g/mol. The number of hydrogen-bond donors (Lipinski definition) is 3. The highest BCUT2D eigenvalue weighted by molar-refractivity contribution is 7.98. The van der Waals surface area contributed by atoms with Crippen LogP contribution in [0, 0.1) is 0 Å². The Bertz CT molecular complexity index is 412. The number of nitrogens with one attached hydrogen (secondary N) is 1. The molecule has 1 aromatic carbocycles. The Morgan fingerprint density at radius 2 is 2.33 bits per heavy atom. The van der Waals surface area contributed by atoms with E-state index in [4.69, 9.17) is 10.5 Å². The third-order valence-electron chi connectivity index (χ3n) is 2.43. The first-order chi connectivity index (χ1) is 8.58. The van der Waals surface area contributed by atoms with Crippen LogP contribution < -0.4 is 15.8 Å². The first-order valence-electron chi connectivity index (χ1n) is 5.51. The molecule has 1 atom stereocenters. The van der Waals surface area contributed by atoms with E-state index in [0.29, 0.717) is 17.9 Å². The van der Waals surface area contributed by atoms with Crippen LogP contribution in [-0.2, 0) is 4.79 Å². The Hall–Kier alpha value is -1.40. The zero-order valence-electron chi connectivity index (χ0n) is 10.5. The van der Waals surface area contributed by atoms with Crippen molar-refractivity contribution in [1.82, 2.24) is 0 Å². The van der Waals surface area contributed by atoms with Crippen LogP contribution in [-0.4, -0.2) is 36.2 Å². The highest BCUT2D eigenvalue weighted by atomic mass is 32.2. The van der Waals surface area contributed by atoms with Gasteiger partial charge in [-0.2, -0.15) is 11.8 Å². The van der Waals surface area contributed by atoms with Crippen molar-refractivity contribution in [2.45, 2.75) is 12.5 Å². The minimum absolute atomic E-state index is 0.0419. The molecule has 0 fully saturated rings. The molecule has 0 aliphatic carbocycles. The first-order valence-corrected chi connectivity index (χ1v) is 6.90. The molecular formula is C12H18N2O3S. The minimum atomic E-state index is -0.570. The fraction of sp³-hybridized carbons (Fsp3) is 0.417. The number of phenols is 1. The molecule has 5 nitrogen and oxygen atoms in total. The summed E-state index contributed by atoms with van der Waals surface area (Å²) >= 11 is 1.64. The van der Waals surface area contributed by atoms with E-state index in [9.17, 15) is 9.90 Å². The first kappa shape index (κ1) is 14.7. The summed E-state index contributed by atoms with van der Waals surface area (Å²) in [4.78, 5) is 11.7. The number of methoxy groups -OCH3 is 1. The normalized spacial score (nSPS) is 11.9. The molecule has 18 heavy (non-hydrogen) atoms. The van der Waals surface area contributed by atoms with Gasteiger partial charge in [0.15, 0.2) is 0 Å². The van der Waals surface area contributed by atoms with E-state index in [2.05, 4.69) is 5.32 Å². The lowest BCUT2D eigenvalue weighted by Crippen LogP contribution is -2.36. The number of carbonyl (C=O) groups excluding carboxylic acids is 1. The van der Waals surface area contributed by atoms with Crippen LogP contribution >= 0.6 is 11.8 Å². The minimum Gasteiger partial charge on any atom is -0.506 e. The Morgan fingerprint density at radius 1 is 1.61 bits per heavy atom. The van der Waals surface area contributed by atoms with E-state index in [1.165, 1.54) is 13.2 Å². The molecule has 0 aliphatic heterocycles. The van der Waals surface area contributed by atoms with Gasteiger partial charge in [0.2, 0.25) is 5.91 Å². The molecule has 100 valence electrons. The van der Waals surface area contributed by atoms with Crippen LogP contribution in [0.25, 0.3) is 0 Å². The predicted molar refractivity (Wildman–Crippen MR) is 74.3 cm³/mol. The van der Waals surface area contributed by atoms with Gasteiger partial charge >= 0.3 is 0 Å². The number of carbonyl (C=O) groups is 1. The molecule has 1 amide bonds. The van der Waals surface area contributed by atoms with Gasteiger partial charge in [-0.15, -0.1) is 0 Å². The van der Waals surface area contributed by atoms with Crippen molar-refractivity contribution in [1.29, 1.82) is 0 Å². The van der Waals surface area contributed by atoms with Gasteiger partial charge in [-0.1, -0.05) is 0 Å². The molecule has 0 saturated carbocycles. The lowest BCUT2D eigenvalue weighted by molar-refractivity contribution is -0.117. The van der Waals surface area contributed by atoms with Crippen molar-refractivity contribution in [3.8, 4) is 11.5 Å². The lowest BCUT2D eigenvalue weighted by atomic mass is 10.2. The zero-order chi connectivity index (χ0) is 13.5. The largest absolute Gasteiger partial charge is 0.506 e. The van der Waals surface area contributed by atoms with Crippen LogP contribution in [0.15, 0.2) is 18.2 Å². The van der Waals surface area contributed by atoms with Gasteiger partial charge in [-0.05, 0) is 30.6 Å². The maximum atomic E-state index is 11.7. The van der Waals surface area contributed by atoms with Gasteiger partial charge < -0.3 is 20.9 Å². The molecule has 0 radical (unpaired) electrons.